The van der Waals surface area contributed by atoms with E-state index in [4.69, 9.17) is 4.74 Å². The Bertz CT molecular complexity index is 739. The Hall–Kier alpha value is -1.44. The monoisotopic (exact) mass is 366 g/mol. The zero-order valence-corrected chi connectivity index (χ0v) is 15.8. The highest BCUT2D eigenvalue weighted by atomic mass is 32.2. The number of fused-ring (bicyclic) bond motifs is 1. The summed E-state index contributed by atoms with van der Waals surface area (Å²) < 4.78 is 32.3. The van der Waals surface area contributed by atoms with Crippen LogP contribution < -0.4 is 0 Å². The Morgan fingerprint density at radius 1 is 1.16 bits per heavy atom. The summed E-state index contributed by atoms with van der Waals surface area (Å²) in [7, 11) is -3.47. The molecule has 138 valence electrons. The quantitative estimate of drug-likeness (QED) is 0.811. The molecule has 0 N–H and O–H groups in total. The van der Waals surface area contributed by atoms with Gasteiger partial charge in [-0.05, 0) is 38.3 Å². The van der Waals surface area contributed by atoms with Crippen molar-refractivity contribution >= 4 is 15.9 Å². The van der Waals surface area contributed by atoms with Gasteiger partial charge in [-0.25, -0.2) is 8.42 Å². The predicted octanol–water partition coefficient (Wildman–Crippen LogP) is 1.40. The van der Waals surface area contributed by atoms with Crippen LogP contribution in [-0.2, 0) is 32.5 Å². The maximum absolute atomic E-state index is 13.2. The lowest BCUT2D eigenvalue weighted by Gasteiger charge is -2.41. The SMILES string of the molecule is CCS(=O)(=O)N1Cc2ccccc2C[C@H]1C(=O)N1C[C@@H](C)O[C@@H](C)C1. The lowest BCUT2D eigenvalue weighted by molar-refractivity contribution is -0.147. The van der Waals surface area contributed by atoms with Gasteiger partial charge in [-0.2, -0.15) is 4.31 Å². The van der Waals surface area contributed by atoms with Crippen LogP contribution in [0.2, 0.25) is 0 Å². The summed E-state index contributed by atoms with van der Waals surface area (Å²) in [5.74, 6) is -0.122. The molecule has 2 heterocycles. The summed E-state index contributed by atoms with van der Waals surface area (Å²) in [4.78, 5) is 15.0. The third kappa shape index (κ3) is 3.73. The molecular formula is C18H26N2O4S. The topological polar surface area (TPSA) is 66.9 Å². The van der Waals surface area contributed by atoms with Crippen molar-refractivity contribution in [2.45, 2.75) is 52.0 Å². The average molecular weight is 366 g/mol. The van der Waals surface area contributed by atoms with Gasteiger partial charge >= 0.3 is 0 Å². The second-order valence-electron chi connectivity index (χ2n) is 6.93. The van der Waals surface area contributed by atoms with Crippen LogP contribution in [-0.4, -0.2) is 60.6 Å². The number of sulfonamides is 1. The summed E-state index contributed by atoms with van der Waals surface area (Å²) in [6.45, 7) is 6.76. The molecule has 0 aliphatic carbocycles. The van der Waals surface area contributed by atoms with Crippen LogP contribution in [0.15, 0.2) is 24.3 Å². The van der Waals surface area contributed by atoms with E-state index < -0.39 is 16.1 Å². The van der Waals surface area contributed by atoms with Crippen molar-refractivity contribution in [3.63, 3.8) is 0 Å². The molecule has 2 aliphatic heterocycles. The molecular weight excluding hydrogens is 340 g/mol. The Morgan fingerprint density at radius 3 is 2.36 bits per heavy atom. The zero-order valence-electron chi connectivity index (χ0n) is 15.0. The van der Waals surface area contributed by atoms with Crippen LogP contribution in [0.4, 0.5) is 0 Å². The van der Waals surface area contributed by atoms with Crippen molar-refractivity contribution in [2.75, 3.05) is 18.8 Å². The van der Waals surface area contributed by atoms with Crippen LogP contribution >= 0.6 is 0 Å². The average Bonchev–Trinajstić information content (AvgIpc) is 2.59. The number of carbonyl (C=O) groups is 1. The molecule has 0 unspecified atom stereocenters. The van der Waals surface area contributed by atoms with Gasteiger partial charge in [0.1, 0.15) is 6.04 Å². The third-order valence-electron chi connectivity index (χ3n) is 4.94. The van der Waals surface area contributed by atoms with E-state index >= 15 is 0 Å². The van der Waals surface area contributed by atoms with Crippen LogP contribution in [0.5, 0.6) is 0 Å². The minimum absolute atomic E-state index is 0.00510. The predicted molar refractivity (Wildman–Crippen MR) is 95.5 cm³/mol. The molecule has 1 amide bonds. The first-order chi connectivity index (χ1) is 11.8. The smallest absolute Gasteiger partial charge is 0.241 e. The van der Waals surface area contributed by atoms with Crippen molar-refractivity contribution in [3.05, 3.63) is 35.4 Å². The molecule has 1 aromatic carbocycles. The summed E-state index contributed by atoms with van der Waals surface area (Å²) in [6, 6.07) is 7.09. The highest BCUT2D eigenvalue weighted by Gasteiger charge is 2.41. The molecule has 1 aromatic rings. The van der Waals surface area contributed by atoms with Gasteiger partial charge in [0.2, 0.25) is 15.9 Å². The second kappa shape index (κ2) is 7.05. The molecule has 1 fully saturated rings. The standard InChI is InChI=1S/C18H26N2O4S/c1-4-25(22,23)20-12-16-8-6-5-7-15(16)9-17(20)18(21)19-10-13(2)24-14(3)11-19/h5-8,13-14,17H,4,9-12H2,1-3H3/t13-,14+,17-/m0/s1. The van der Waals surface area contributed by atoms with Crippen molar-refractivity contribution < 1.29 is 17.9 Å². The van der Waals surface area contributed by atoms with Gasteiger partial charge in [-0.1, -0.05) is 24.3 Å². The van der Waals surface area contributed by atoms with E-state index in [1.54, 1.807) is 11.8 Å². The fourth-order valence-corrected chi connectivity index (χ4v) is 4.96. The molecule has 3 atom stereocenters. The summed E-state index contributed by atoms with van der Waals surface area (Å²) in [5, 5.41) is 0. The number of rotatable bonds is 3. The molecule has 6 nitrogen and oxygen atoms in total. The molecule has 2 aliphatic rings. The Balaban J connectivity index is 1.92. The van der Waals surface area contributed by atoms with Crippen molar-refractivity contribution in [1.29, 1.82) is 0 Å². The number of carbonyl (C=O) groups excluding carboxylic acids is 1. The van der Waals surface area contributed by atoms with E-state index in [1.165, 1.54) is 4.31 Å². The minimum Gasteiger partial charge on any atom is -0.372 e. The highest BCUT2D eigenvalue weighted by molar-refractivity contribution is 7.89. The maximum atomic E-state index is 13.2. The lowest BCUT2D eigenvalue weighted by Crippen LogP contribution is -2.57. The minimum atomic E-state index is -3.47. The molecule has 0 bridgehead atoms. The number of benzene rings is 1. The van der Waals surface area contributed by atoms with E-state index in [2.05, 4.69) is 0 Å². The Kier molecular flexibility index (Phi) is 5.18. The van der Waals surface area contributed by atoms with Crippen molar-refractivity contribution in [2.24, 2.45) is 0 Å². The van der Waals surface area contributed by atoms with Crippen molar-refractivity contribution in [3.8, 4) is 0 Å². The van der Waals surface area contributed by atoms with Gasteiger partial charge in [0.05, 0.1) is 18.0 Å². The fourth-order valence-electron chi connectivity index (χ4n) is 3.74. The number of nitrogens with zero attached hydrogens (tertiary/aromatic N) is 2. The molecule has 0 aromatic heterocycles. The molecule has 25 heavy (non-hydrogen) atoms. The number of hydrogen-bond donors (Lipinski definition) is 0. The van der Waals surface area contributed by atoms with Crippen LogP contribution in [0.1, 0.15) is 31.9 Å². The second-order valence-corrected chi connectivity index (χ2v) is 9.15. The maximum Gasteiger partial charge on any atom is 0.241 e. The highest BCUT2D eigenvalue weighted by Crippen LogP contribution is 2.28. The summed E-state index contributed by atoms with van der Waals surface area (Å²) in [6.07, 6.45) is 0.341. The normalized spacial score (nSPS) is 27.8. The van der Waals surface area contributed by atoms with Gasteiger partial charge in [-0.15, -0.1) is 0 Å². The van der Waals surface area contributed by atoms with E-state index in [0.29, 0.717) is 19.5 Å². The summed E-state index contributed by atoms with van der Waals surface area (Å²) in [5.41, 5.74) is 2.03. The van der Waals surface area contributed by atoms with Gasteiger partial charge in [-0.3, -0.25) is 4.79 Å². The largest absolute Gasteiger partial charge is 0.372 e. The third-order valence-corrected chi connectivity index (χ3v) is 6.77. The van der Waals surface area contributed by atoms with E-state index in [-0.39, 0.29) is 30.4 Å². The molecule has 7 heteroatoms. The fraction of sp³-hybridized carbons (Fsp3) is 0.611. The van der Waals surface area contributed by atoms with Crippen LogP contribution in [0.25, 0.3) is 0 Å². The molecule has 0 radical (unpaired) electrons. The van der Waals surface area contributed by atoms with Crippen LogP contribution in [0, 0.1) is 0 Å². The molecule has 0 spiro atoms. The van der Waals surface area contributed by atoms with E-state index in [9.17, 15) is 13.2 Å². The van der Waals surface area contributed by atoms with E-state index in [0.717, 1.165) is 11.1 Å². The van der Waals surface area contributed by atoms with Crippen molar-refractivity contribution in [1.82, 2.24) is 9.21 Å². The van der Waals surface area contributed by atoms with Gasteiger partial charge in [0.25, 0.3) is 0 Å². The van der Waals surface area contributed by atoms with Gasteiger partial charge < -0.3 is 9.64 Å². The lowest BCUT2D eigenvalue weighted by atomic mass is 9.95. The zero-order chi connectivity index (χ0) is 18.2. The number of hydrogen-bond acceptors (Lipinski definition) is 4. The first-order valence-electron chi connectivity index (χ1n) is 8.82. The summed E-state index contributed by atoms with van der Waals surface area (Å²) >= 11 is 0. The molecule has 0 saturated carbocycles. The van der Waals surface area contributed by atoms with Gasteiger partial charge in [0.15, 0.2) is 0 Å². The Labute approximate surface area is 149 Å². The number of amides is 1. The first-order valence-corrected chi connectivity index (χ1v) is 10.4. The first kappa shape index (κ1) is 18.4. The van der Waals surface area contributed by atoms with Gasteiger partial charge in [0, 0.05) is 19.6 Å². The molecule has 1 saturated heterocycles. The van der Waals surface area contributed by atoms with Crippen LogP contribution in [0.3, 0.4) is 0 Å². The number of ether oxygens (including phenoxy) is 1. The number of morpholine rings is 1. The molecule has 3 rings (SSSR count). The Morgan fingerprint density at radius 2 is 1.76 bits per heavy atom. The van der Waals surface area contributed by atoms with E-state index in [1.807, 2.05) is 38.1 Å².